The molecule has 0 aliphatic carbocycles. The predicted molar refractivity (Wildman–Crippen MR) is 103 cm³/mol. The quantitative estimate of drug-likeness (QED) is 0.717. The number of carbonyl (C=O) groups excluding carboxylic acids is 2. The number of halogens is 1. The second kappa shape index (κ2) is 10.6. The van der Waals surface area contributed by atoms with Gasteiger partial charge in [-0.1, -0.05) is 17.7 Å². The first kappa shape index (κ1) is 20.8. The number of aryl methyl sites for hydroxylation is 1. The summed E-state index contributed by atoms with van der Waals surface area (Å²) in [6.07, 6.45) is 1.93. The molecule has 5 nitrogen and oxygen atoms in total. The van der Waals surface area contributed by atoms with Gasteiger partial charge in [0.2, 0.25) is 11.8 Å². The van der Waals surface area contributed by atoms with Crippen LogP contribution in [0.2, 0.25) is 0 Å². The Morgan fingerprint density at radius 1 is 1.21 bits per heavy atom. The number of benzene rings is 1. The Balaban J connectivity index is 0.00000288. The Hall–Kier alpha value is -1.24. The van der Waals surface area contributed by atoms with E-state index in [1.54, 1.807) is 0 Å². The summed E-state index contributed by atoms with van der Waals surface area (Å²) in [7, 11) is 0. The molecule has 2 atom stereocenters. The Morgan fingerprint density at radius 2 is 1.88 bits per heavy atom. The maximum atomic E-state index is 11.9. The van der Waals surface area contributed by atoms with Crippen molar-refractivity contribution in [1.82, 2.24) is 10.6 Å². The van der Waals surface area contributed by atoms with E-state index >= 15 is 0 Å². The number of thioether (sulfide) groups is 1. The Bertz CT molecular complexity index is 539. The third kappa shape index (κ3) is 7.55. The van der Waals surface area contributed by atoms with Crippen molar-refractivity contribution in [2.45, 2.75) is 38.8 Å². The van der Waals surface area contributed by atoms with Gasteiger partial charge in [-0.2, -0.15) is 0 Å². The first-order valence-electron chi connectivity index (χ1n) is 8.00. The minimum Gasteiger partial charge on any atom is -0.353 e. The number of piperidine rings is 1. The van der Waals surface area contributed by atoms with Gasteiger partial charge in [-0.15, -0.1) is 24.2 Å². The van der Waals surface area contributed by atoms with Crippen LogP contribution in [0.5, 0.6) is 0 Å². The molecule has 0 saturated carbocycles. The third-order valence-corrected chi connectivity index (χ3v) is 4.72. The molecule has 1 aromatic carbocycles. The van der Waals surface area contributed by atoms with Gasteiger partial charge >= 0.3 is 0 Å². The van der Waals surface area contributed by atoms with Gasteiger partial charge in [-0.25, -0.2) is 0 Å². The fourth-order valence-corrected chi connectivity index (χ4v) is 3.23. The lowest BCUT2D eigenvalue weighted by molar-refractivity contribution is -0.119. The summed E-state index contributed by atoms with van der Waals surface area (Å²) in [5, 5.41) is 9.24. The molecule has 2 unspecified atom stereocenters. The average Bonchev–Trinajstić information content (AvgIpc) is 2.49. The van der Waals surface area contributed by atoms with Crippen LogP contribution in [0, 0.1) is 6.92 Å². The molecule has 0 bridgehead atoms. The van der Waals surface area contributed by atoms with Crippen LogP contribution >= 0.6 is 24.2 Å². The molecule has 1 heterocycles. The number of amides is 2. The minimum absolute atomic E-state index is 0. The zero-order chi connectivity index (χ0) is 16.7. The van der Waals surface area contributed by atoms with Crippen LogP contribution in [0.3, 0.4) is 0 Å². The lowest BCUT2D eigenvalue weighted by Gasteiger charge is -2.28. The average molecular weight is 372 g/mol. The lowest BCUT2D eigenvalue weighted by atomic mass is 10.0. The number of hydrogen-bond acceptors (Lipinski definition) is 4. The summed E-state index contributed by atoms with van der Waals surface area (Å²) in [5.74, 6) is 0.531. The highest BCUT2D eigenvalue weighted by Gasteiger charge is 2.19. The Morgan fingerprint density at radius 3 is 2.54 bits per heavy atom. The highest BCUT2D eigenvalue weighted by atomic mass is 35.5. The molecular formula is C17H26ClN3O2S. The lowest BCUT2D eigenvalue weighted by Crippen LogP contribution is -2.47. The molecule has 1 fully saturated rings. The summed E-state index contributed by atoms with van der Waals surface area (Å²) in [6.45, 7) is 5.07. The van der Waals surface area contributed by atoms with Gasteiger partial charge < -0.3 is 16.0 Å². The Kier molecular flexibility index (Phi) is 9.18. The topological polar surface area (TPSA) is 70.2 Å². The van der Waals surface area contributed by atoms with E-state index in [1.165, 1.54) is 11.8 Å². The van der Waals surface area contributed by atoms with Crippen LogP contribution in [0.15, 0.2) is 24.3 Å². The molecule has 2 rings (SSSR count). The van der Waals surface area contributed by atoms with E-state index in [-0.39, 0.29) is 36.0 Å². The molecular weight excluding hydrogens is 346 g/mol. The van der Waals surface area contributed by atoms with Gasteiger partial charge in [-0.3, -0.25) is 9.59 Å². The summed E-state index contributed by atoms with van der Waals surface area (Å²) < 4.78 is 0. The van der Waals surface area contributed by atoms with E-state index in [0.29, 0.717) is 11.8 Å². The van der Waals surface area contributed by atoms with E-state index in [2.05, 4.69) is 22.9 Å². The minimum atomic E-state index is -0.0814. The van der Waals surface area contributed by atoms with Gasteiger partial charge in [0.15, 0.2) is 0 Å². The fourth-order valence-electron chi connectivity index (χ4n) is 2.60. The highest BCUT2D eigenvalue weighted by Crippen LogP contribution is 2.11. The first-order chi connectivity index (χ1) is 11.0. The normalized spacial score (nSPS) is 19.9. The van der Waals surface area contributed by atoms with Crippen LogP contribution in [-0.2, 0) is 9.59 Å². The molecule has 2 amide bonds. The van der Waals surface area contributed by atoms with E-state index in [0.717, 1.165) is 30.6 Å². The number of anilines is 1. The van der Waals surface area contributed by atoms with Gasteiger partial charge in [-0.05, 0) is 45.4 Å². The standard InChI is InChI=1S/C17H25N3O2S.ClH/c1-12-3-5-14(6-4-12)19-16(21)10-23-11-17(22)20-15-7-8-18-13(2)9-15;/h3-6,13,15,18H,7-11H2,1-2H3,(H,19,21)(H,20,22);1H. The molecule has 0 aromatic heterocycles. The van der Waals surface area contributed by atoms with Gasteiger partial charge in [0.05, 0.1) is 11.5 Å². The smallest absolute Gasteiger partial charge is 0.234 e. The first-order valence-corrected chi connectivity index (χ1v) is 9.15. The summed E-state index contributed by atoms with van der Waals surface area (Å²) in [5.41, 5.74) is 1.94. The highest BCUT2D eigenvalue weighted by molar-refractivity contribution is 8.00. The molecule has 24 heavy (non-hydrogen) atoms. The summed E-state index contributed by atoms with van der Waals surface area (Å²) in [6, 6.07) is 8.36. The van der Waals surface area contributed by atoms with Crippen molar-refractivity contribution >= 4 is 41.7 Å². The zero-order valence-electron chi connectivity index (χ0n) is 14.1. The number of hydrogen-bond donors (Lipinski definition) is 3. The van der Waals surface area contributed by atoms with Crippen molar-refractivity contribution in [3.63, 3.8) is 0 Å². The number of carbonyl (C=O) groups is 2. The second-order valence-corrected chi connectivity index (χ2v) is 7.04. The molecule has 1 aliphatic rings. The molecule has 0 spiro atoms. The number of rotatable bonds is 6. The second-order valence-electron chi connectivity index (χ2n) is 6.05. The molecule has 134 valence electrons. The third-order valence-electron chi connectivity index (χ3n) is 3.79. The van der Waals surface area contributed by atoms with E-state index in [1.807, 2.05) is 31.2 Å². The van der Waals surface area contributed by atoms with Crippen LogP contribution < -0.4 is 16.0 Å². The van der Waals surface area contributed by atoms with Crippen molar-refractivity contribution in [2.24, 2.45) is 0 Å². The van der Waals surface area contributed by atoms with Gasteiger partial charge in [0.1, 0.15) is 0 Å². The molecule has 1 aromatic rings. The van der Waals surface area contributed by atoms with Crippen molar-refractivity contribution in [3.8, 4) is 0 Å². The zero-order valence-corrected chi connectivity index (χ0v) is 15.8. The van der Waals surface area contributed by atoms with Crippen molar-refractivity contribution in [3.05, 3.63) is 29.8 Å². The maximum absolute atomic E-state index is 11.9. The van der Waals surface area contributed by atoms with Crippen molar-refractivity contribution in [2.75, 3.05) is 23.4 Å². The molecule has 0 radical (unpaired) electrons. The SMILES string of the molecule is Cc1ccc(NC(=O)CSCC(=O)NC2CCNC(C)C2)cc1.Cl. The molecule has 1 saturated heterocycles. The van der Waals surface area contributed by atoms with Crippen LogP contribution in [0.25, 0.3) is 0 Å². The maximum Gasteiger partial charge on any atom is 0.234 e. The van der Waals surface area contributed by atoms with Crippen LogP contribution in [0.4, 0.5) is 5.69 Å². The monoisotopic (exact) mass is 371 g/mol. The van der Waals surface area contributed by atoms with Gasteiger partial charge in [0, 0.05) is 17.8 Å². The van der Waals surface area contributed by atoms with Crippen LogP contribution in [-0.4, -0.2) is 41.9 Å². The van der Waals surface area contributed by atoms with E-state index in [9.17, 15) is 9.59 Å². The summed E-state index contributed by atoms with van der Waals surface area (Å²) in [4.78, 5) is 23.8. The van der Waals surface area contributed by atoms with Crippen molar-refractivity contribution < 1.29 is 9.59 Å². The molecule has 1 aliphatic heterocycles. The summed E-state index contributed by atoms with van der Waals surface area (Å²) >= 11 is 1.34. The molecule has 3 N–H and O–H groups in total. The Labute approximate surface area is 154 Å². The van der Waals surface area contributed by atoms with Crippen molar-refractivity contribution in [1.29, 1.82) is 0 Å². The fraction of sp³-hybridized carbons (Fsp3) is 0.529. The number of nitrogens with one attached hydrogen (secondary N) is 3. The van der Waals surface area contributed by atoms with E-state index in [4.69, 9.17) is 0 Å². The van der Waals surface area contributed by atoms with Crippen LogP contribution in [0.1, 0.15) is 25.3 Å². The largest absolute Gasteiger partial charge is 0.353 e. The van der Waals surface area contributed by atoms with Gasteiger partial charge in [0.25, 0.3) is 0 Å². The predicted octanol–water partition coefficient (Wildman–Crippen LogP) is 2.35. The molecule has 7 heteroatoms. The van der Waals surface area contributed by atoms with E-state index < -0.39 is 0 Å².